The van der Waals surface area contributed by atoms with Crippen LogP contribution in [0.3, 0.4) is 0 Å². The van der Waals surface area contributed by atoms with Gasteiger partial charge in [-0.15, -0.1) is 0 Å². The summed E-state index contributed by atoms with van der Waals surface area (Å²) in [7, 11) is -1.30. The van der Waals surface area contributed by atoms with E-state index in [-0.39, 0.29) is 0 Å². The number of ether oxygens (including phenoxy) is 1. The molecule has 2 aromatic carbocycles. The summed E-state index contributed by atoms with van der Waals surface area (Å²) in [4.78, 5) is 3.07. The van der Waals surface area contributed by atoms with Crippen LogP contribution in [0.25, 0.3) is 0 Å². The lowest BCUT2D eigenvalue weighted by molar-refractivity contribution is 0.316. The molecular weight excluding hydrogens is 370 g/mol. The van der Waals surface area contributed by atoms with Crippen molar-refractivity contribution < 1.29 is 8.95 Å². The Labute approximate surface area is 161 Å². The first-order valence-corrected chi connectivity index (χ1v) is 10.3. The lowest BCUT2D eigenvalue weighted by atomic mass is 10.2. The number of nitrogens with one attached hydrogen (secondary N) is 1. The topological polar surface area (TPSA) is 44.8 Å². The van der Waals surface area contributed by atoms with Crippen molar-refractivity contribution >= 4 is 34.0 Å². The molecule has 0 radical (unpaired) electrons. The second kappa shape index (κ2) is 7.47. The van der Waals surface area contributed by atoms with Gasteiger partial charge in [0.05, 0.1) is 22.8 Å². The van der Waals surface area contributed by atoms with E-state index in [0.717, 1.165) is 53.8 Å². The third kappa shape index (κ3) is 3.41. The quantitative estimate of drug-likeness (QED) is 0.873. The van der Waals surface area contributed by atoms with Gasteiger partial charge in [-0.25, -0.2) is 4.21 Å². The maximum Gasteiger partial charge on any atom is 0.166 e. The van der Waals surface area contributed by atoms with Gasteiger partial charge in [-0.2, -0.15) is 0 Å². The van der Waals surface area contributed by atoms with Gasteiger partial charge in [-0.3, -0.25) is 4.31 Å². The van der Waals surface area contributed by atoms with Crippen LogP contribution in [0.15, 0.2) is 41.3 Å². The van der Waals surface area contributed by atoms with E-state index in [9.17, 15) is 4.21 Å². The first kappa shape index (κ1) is 17.6. The number of nitrogens with zero attached hydrogens (tertiary/aromatic N) is 2. The van der Waals surface area contributed by atoms with Gasteiger partial charge in [0.1, 0.15) is 6.61 Å². The van der Waals surface area contributed by atoms with E-state index in [1.54, 1.807) is 0 Å². The molecule has 2 aromatic rings. The van der Waals surface area contributed by atoms with Crippen molar-refractivity contribution in [3.63, 3.8) is 0 Å². The summed E-state index contributed by atoms with van der Waals surface area (Å²) in [5, 5.41) is 3.99. The smallest absolute Gasteiger partial charge is 0.166 e. The largest absolute Gasteiger partial charge is 0.487 e. The van der Waals surface area contributed by atoms with E-state index in [1.807, 2.05) is 47.6 Å². The molecule has 138 valence electrons. The molecule has 0 aromatic heterocycles. The highest BCUT2D eigenvalue weighted by Gasteiger charge is 2.29. The van der Waals surface area contributed by atoms with Gasteiger partial charge in [0.25, 0.3) is 0 Å². The Balaban J connectivity index is 1.73. The van der Waals surface area contributed by atoms with Crippen LogP contribution in [0.1, 0.15) is 5.56 Å². The molecule has 1 atom stereocenters. The lowest BCUT2D eigenvalue weighted by Crippen LogP contribution is -2.44. The number of halogens is 1. The molecule has 0 aliphatic carbocycles. The minimum absolute atomic E-state index is 0.505. The average molecular weight is 392 g/mol. The molecule has 7 heteroatoms. The summed E-state index contributed by atoms with van der Waals surface area (Å²) in [6, 6.07) is 11.6. The summed E-state index contributed by atoms with van der Waals surface area (Å²) in [6.07, 6.45) is 0. The lowest BCUT2D eigenvalue weighted by Gasteiger charge is -2.36. The van der Waals surface area contributed by atoms with Crippen molar-refractivity contribution in [2.24, 2.45) is 0 Å². The number of anilines is 2. The van der Waals surface area contributed by atoms with Crippen LogP contribution in [0, 0.1) is 6.92 Å². The molecule has 2 aliphatic rings. The summed E-state index contributed by atoms with van der Waals surface area (Å²) in [6.45, 7) is 6.74. The molecule has 5 nitrogen and oxygen atoms in total. The van der Waals surface area contributed by atoms with Gasteiger partial charge in [0, 0.05) is 31.2 Å². The fourth-order valence-corrected chi connectivity index (χ4v) is 4.91. The molecule has 0 saturated carbocycles. The summed E-state index contributed by atoms with van der Waals surface area (Å²) in [5.41, 5.74) is 2.88. The number of hydrogen-bond acceptors (Lipinski definition) is 4. The predicted octanol–water partition coefficient (Wildman–Crippen LogP) is 2.98. The second-order valence-electron chi connectivity index (χ2n) is 6.53. The van der Waals surface area contributed by atoms with Crippen LogP contribution in [0.4, 0.5) is 11.4 Å². The van der Waals surface area contributed by atoms with Crippen molar-refractivity contribution in [1.82, 2.24) is 5.32 Å². The van der Waals surface area contributed by atoms with Gasteiger partial charge >= 0.3 is 0 Å². The van der Waals surface area contributed by atoms with Crippen LogP contribution >= 0.6 is 11.6 Å². The highest BCUT2D eigenvalue weighted by Crippen LogP contribution is 2.44. The van der Waals surface area contributed by atoms with Crippen LogP contribution in [0.2, 0.25) is 5.02 Å². The molecule has 1 saturated heterocycles. The van der Waals surface area contributed by atoms with Crippen molar-refractivity contribution in [1.29, 1.82) is 0 Å². The molecule has 26 heavy (non-hydrogen) atoms. The Bertz CT molecular complexity index is 840. The molecule has 1 unspecified atom stereocenters. The fraction of sp³-hybridized carbons (Fsp3) is 0.368. The number of piperazine rings is 1. The minimum Gasteiger partial charge on any atom is -0.487 e. The summed E-state index contributed by atoms with van der Waals surface area (Å²) < 4.78 is 21.1. The van der Waals surface area contributed by atoms with Crippen molar-refractivity contribution in [2.75, 3.05) is 48.5 Å². The van der Waals surface area contributed by atoms with Gasteiger partial charge in [-0.1, -0.05) is 23.7 Å². The van der Waals surface area contributed by atoms with E-state index in [4.69, 9.17) is 16.3 Å². The maximum absolute atomic E-state index is 13.2. The Hall–Kier alpha value is -1.76. The molecule has 1 N–H and O–H groups in total. The van der Waals surface area contributed by atoms with Crippen LogP contribution in [-0.4, -0.2) is 43.5 Å². The molecular formula is C19H22ClN3O2S. The van der Waals surface area contributed by atoms with Crippen LogP contribution in [0.5, 0.6) is 5.75 Å². The van der Waals surface area contributed by atoms with Gasteiger partial charge in [0.15, 0.2) is 16.7 Å². The summed E-state index contributed by atoms with van der Waals surface area (Å²) in [5.74, 6) is 0.781. The first-order chi connectivity index (χ1) is 12.6. The maximum atomic E-state index is 13.2. The zero-order valence-corrected chi connectivity index (χ0v) is 16.3. The molecule has 2 heterocycles. The van der Waals surface area contributed by atoms with E-state index in [0.29, 0.717) is 18.2 Å². The first-order valence-electron chi connectivity index (χ1n) is 8.81. The van der Waals surface area contributed by atoms with Crippen LogP contribution in [-0.2, 0) is 11.0 Å². The predicted molar refractivity (Wildman–Crippen MR) is 107 cm³/mol. The third-order valence-electron chi connectivity index (χ3n) is 4.67. The van der Waals surface area contributed by atoms with Crippen molar-refractivity contribution in [2.45, 2.75) is 11.8 Å². The molecule has 0 bridgehead atoms. The SMILES string of the molecule is Cc1cccc(S(=O)N2CCOc3c(N4CCNCC4)cc(Cl)cc32)c1. The van der Waals surface area contributed by atoms with Gasteiger partial charge in [-0.05, 0) is 36.8 Å². The molecule has 1 fully saturated rings. The Morgan fingerprint density at radius 3 is 2.65 bits per heavy atom. The number of hydrogen-bond donors (Lipinski definition) is 1. The minimum atomic E-state index is -1.30. The number of rotatable bonds is 3. The van der Waals surface area contributed by atoms with E-state index >= 15 is 0 Å². The highest BCUT2D eigenvalue weighted by atomic mass is 35.5. The Morgan fingerprint density at radius 1 is 1.12 bits per heavy atom. The zero-order chi connectivity index (χ0) is 18.1. The van der Waals surface area contributed by atoms with Gasteiger partial charge < -0.3 is 15.0 Å². The number of benzene rings is 2. The standard InChI is InChI=1S/C19H22ClN3O2S/c1-14-3-2-4-16(11-14)26(24)23-9-10-25-19-17(12-15(20)13-18(19)23)22-7-5-21-6-8-22/h2-4,11-13,21H,5-10H2,1H3. The molecule has 0 spiro atoms. The van der Waals surface area contributed by atoms with Crippen LogP contribution < -0.4 is 19.3 Å². The Kier molecular flexibility index (Phi) is 5.07. The third-order valence-corrected chi connectivity index (χ3v) is 6.33. The Morgan fingerprint density at radius 2 is 1.88 bits per heavy atom. The number of aryl methyl sites for hydroxylation is 1. The van der Waals surface area contributed by atoms with E-state index in [2.05, 4.69) is 10.2 Å². The molecule has 2 aliphatic heterocycles. The second-order valence-corrected chi connectivity index (χ2v) is 8.37. The monoisotopic (exact) mass is 391 g/mol. The highest BCUT2D eigenvalue weighted by molar-refractivity contribution is 7.86. The molecule has 0 amide bonds. The average Bonchev–Trinajstić information content (AvgIpc) is 2.67. The van der Waals surface area contributed by atoms with Gasteiger partial charge in [0.2, 0.25) is 0 Å². The van der Waals surface area contributed by atoms with E-state index < -0.39 is 11.0 Å². The van der Waals surface area contributed by atoms with Crippen molar-refractivity contribution in [3.8, 4) is 5.75 Å². The number of fused-ring (bicyclic) bond motifs is 1. The summed E-state index contributed by atoms with van der Waals surface area (Å²) >= 11 is 6.42. The van der Waals surface area contributed by atoms with Crippen molar-refractivity contribution in [3.05, 3.63) is 47.0 Å². The molecule has 4 rings (SSSR count). The van der Waals surface area contributed by atoms with E-state index in [1.165, 1.54) is 0 Å². The fourth-order valence-electron chi connectivity index (χ4n) is 3.41. The zero-order valence-electron chi connectivity index (χ0n) is 14.7. The normalized spacial score (nSPS) is 18.2.